The maximum absolute atomic E-state index is 12.3. The fraction of sp³-hybridized carbons (Fsp3) is 0.174. The Morgan fingerprint density at radius 2 is 1.93 bits per heavy atom. The van der Waals surface area contributed by atoms with Crippen LogP contribution < -0.4 is 10.1 Å². The molecule has 1 N–H and O–H groups in total. The standard InChI is InChI=1S/C23H20N4O2/c28-22-13-19(23-20(14-25-22)26-21-6-2-4-12-27(21)23)16-7-9-18(10-8-16)29-15-17-5-1-3-11-24-17/h1-12,19H,13-15H2,(H,25,28)/t19-/m0/s1. The Morgan fingerprint density at radius 1 is 1.07 bits per heavy atom. The number of amides is 1. The Labute approximate surface area is 168 Å². The molecule has 6 heteroatoms. The van der Waals surface area contributed by atoms with Gasteiger partial charge in [-0.05, 0) is 42.0 Å². The van der Waals surface area contributed by atoms with E-state index in [9.17, 15) is 4.79 Å². The maximum atomic E-state index is 12.3. The first-order valence-electron chi connectivity index (χ1n) is 9.63. The Hall–Kier alpha value is -3.67. The van der Waals surface area contributed by atoms with Crippen LogP contribution in [0.3, 0.4) is 0 Å². The minimum absolute atomic E-state index is 0.0353. The molecular formula is C23H20N4O2. The van der Waals surface area contributed by atoms with E-state index >= 15 is 0 Å². The maximum Gasteiger partial charge on any atom is 0.221 e. The summed E-state index contributed by atoms with van der Waals surface area (Å²) in [6.07, 6.45) is 4.16. The number of hydrogen-bond acceptors (Lipinski definition) is 4. The molecule has 1 amide bonds. The van der Waals surface area contributed by atoms with Gasteiger partial charge in [-0.25, -0.2) is 4.98 Å². The number of fused-ring (bicyclic) bond motifs is 3. The molecule has 0 saturated carbocycles. The van der Waals surface area contributed by atoms with Gasteiger partial charge in [-0.15, -0.1) is 0 Å². The van der Waals surface area contributed by atoms with Crippen LogP contribution in [-0.4, -0.2) is 20.3 Å². The van der Waals surface area contributed by atoms with Crippen molar-refractivity contribution in [2.45, 2.75) is 25.5 Å². The molecule has 0 bridgehead atoms. The second-order valence-electron chi connectivity index (χ2n) is 7.08. The van der Waals surface area contributed by atoms with Crippen LogP contribution >= 0.6 is 0 Å². The molecule has 3 aromatic heterocycles. The largest absolute Gasteiger partial charge is 0.487 e. The van der Waals surface area contributed by atoms with Crippen LogP contribution in [0.15, 0.2) is 73.1 Å². The number of rotatable bonds is 4. The SMILES string of the molecule is O=C1C[C@@H](c2ccc(OCc3ccccn3)cc2)c2c(nc3ccccn23)CN1. The zero-order valence-electron chi connectivity index (χ0n) is 15.8. The molecule has 6 nitrogen and oxygen atoms in total. The third-order valence-corrected chi connectivity index (χ3v) is 5.21. The lowest BCUT2D eigenvalue weighted by Crippen LogP contribution is -2.21. The number of benzene rings is 1. The number of nitrogens with zero attached hydrogens (tertiary/aromatic N) is 3. The van der Waals surface area contributed by atoms with Crippen molar-refractivity contribution in [2.75, 3.05) is 0 Å². The van der Waals surface area contributed by atoms with Crippen LogP contribution in [0.2, 0.25) is 0 Å². The molecule has 4 heterocycles. The number of carbonyl (C=O) groups excluding carboxylic acids is 1. The predicted molar refractivity (Wildman–Crippen MR) is 109 cm³/mol. The minimum atomic E-state index is -0.0604. The van der Waals surface area contributed by atoms with Gasteiger partial charge in [0.2, 0.25) is 5.91 Å². The summed E-state index contributed by atoms with van der Waals surface area (Å²) in [7, 11) is 0. The van der Waals surface area contributed by atoms with Gasteiger partial charge in [0.25, 0.3) is 0 Å². The molecule has 0 radical (unpaired) electrons. The monoisotopic (exact) mass is 384 g/mol. The normalized spacial score (nSPS) is 16.1. The van der Waals surface area contributed by atoms with Gasteiger partial charge in [0.1, 0.15) is 18.0 Å². The van der Waals surface area contributed by atoms with E-state index in [1.165, 1.54) is 0 Å². The van der Waals surface area contributed by atoms with Crippen molar-refractivity contribution in [3.05, 3.63) is 95.7 Å². The number of nitrogens with one attached hydrogen (secondary N) is 1. The smallest absolute Gasteiger partial charge is 0.221 e. The highest BCUT2D eigenvalue weighted by Gasteiger charge is 2.28. The fourth-order valence-electron chi connectivity index (χ4n) is 3.81. The van der Waals surface area contributed by atoms with Crippen molar-refractivity contribution in [1.29, 1.82) is 0 Å². The number of hydrogen-bond donors (Lipinski definition) is 1. The van der Waals surface area contributed by atoms with Crippen LogP contribution in [0.1, 0.15) is 35.0 Å². The third-order valence-electron chi connectivity index (χ3n) is 5.21. The summed E-state index contributed by atoms with van der Waals surface area (Å²) in [4.78, 5) is 21.3. The molecule has 0 saturated heterocycles. The van der Waals surface area contributed by atoms with E-state index in [2.05, 4.69) is 14.7 Å². The molecule has 29 heavy (non-hydrogen) atoms. The second-order valence-corrected chi connectivity index (χ2v) is 7.08. The van der Waals surface area contributed by atoms with E-state index in [1.54, 1.807) is 6.20 Å². The van der Waals surface area contributed by atoms with Gasteiger partial charge in [-0.2, -0.15) is 0 Å². The number of ether oxygens (including phenoxy) is 1. The van der Waals surface area contributed by atoms with E-state index < -0.39 is 0 Å². The zero-order chi connectivity index (χ0) is 19.6. The quantitative estimate of drug-likeness (QED) is 0.585. The second kappa shape index (κ2) is 7.39. The van der Waals surface area contributed by atoms with Crippen molar-refractivity contribution in [2.24, 2.45) is 0 Å². The lowest BCUT2D eigenvalue weighted by Gasteiger charge is -2.16. The van der Waals surface area contributed by atoms with Crippen LogP contribution in [-0.2, 0) is 17.9 Å². The number of carbonyl (C=O) groups is 1. The number of aromatic nitrogens is 3. The van der Waals surface area contributed by atoms with Crippen LogP contribution in [0.4, 0.5) is 0 Å². The average molecular weight is 384 g/mol. The molecule has 1 atom stereocenters. The topological polar surface area (TPSA) is 68.5 Å². The van der Waals surface area contributed by atoms with E-state index in [1.807, 2.05) is 66.9 Å². The summed E-state index contributed by atoms with van der Waals surface area (Å²) in [5.41, 5.74) is 4.84. The average Bonchev–Trinajstić information content (AvgIpc) is 3.05. The first kappa shape index (κ1) is 17.4. The van der Waals surface area contributed by atoms with Crippen molar-refractivity contribution in [3.8, 4) is 5.75 Å². The summed E-state index contributed by atoms with van der Waals surface area (Å²) < 4.78 is 7.93. The van der Waals surface area contributed by atoms with Crippen molar-refractivity contribution < 1.29 is 9.53 Å². The molecule has 1 aliphatic rings. The molecule has 144 valence electrons. The molecule has 1 aliphatic heterocycles. The van der Waals surface area contributed by atoms with Gasteiger partial charge in [0.15, 0.2) is 0 Å². The van der Waals surface area contributed by atoms with Crippen molar-refractivity contribution in [1.82, 2.24) is 19.7 Å². The highest BCUT2D eigenvalue weighted by Crippen LogP contribution is 2.34. The fourth-order valence-corrected chi connectivity index (χ4v) is 3.81. The Morgan fingerprint density at radius 3 is 2.76 bits per heavy atom. The number of imidazole rings is 1. The van der Waals surface area contributed by atoms with E-state index in [0.29, 0.717) is 19.6 Å². The van der Waals surface area contributed by atoms with Gasteiger partial charge in [0.05, 0.1) is 23.6 Å². The molecule has 0 fully saturated rings. The van der Waals surface area contributed by atoms with Gasteiger partial charge < -0.3 is 14.5 Å². The number of pyridine rings is 2. The Balaban J connectivity index is 1.44. The lowest BCUT2D eigenvalue weighted by molar-refractivity contribution is -0.121. The lowest BCUT2D eigenvalue weighted by atomic mass is 9.91. The molecule has 0 aliphatic carbocycles. The van der Waals surface area contributed by atoms with Gasteiger partial charge in [0, 0.05) is 24.7 Å². The van der Waals surface area contributed by atoms with E-state index in [4.69, 9.17) is 9.72 Å². The molecule has 5 rings (SSSR count). The van der Waals surface area contributed by atoms with Crippen LogP contribution in [0, 0.1) is 0 Å². The third kappa shape index (κ3) is 3.45. The highest BCUT2D eigenvalue weighted by atomic mass is 16.5. The summed E-state index contributed by atoms with van der Waals surface area (Å²) in [6, 6.07) is 19.7. The van der Waals surface area contributed by atoms with E-state index in [0.717, 1.165) is 34.0 Å². The zero-order valence-corrected chi connectivity index (χ0v) is 15.8. The summed E-state index contributed by atoms with van der Waals surface area (Å²) >= 11 is 0. The minimum Gasteiger partial charge on any atom is -0.487 e. The molecule has 0 spiro atoms. The van der Waals surface area contributed by atoms with Gasteiger partial charge in [-0.3, -0.25) is 9.78 Å². The van der Waals surface area contributed by atoms with Crippen LogP contribution in [0.5, 0.6) is 5.75 Å². The molecule has 1 aromatic carbocycles. The first-order valence-corrected chi connectivity index (χ1v) is 9.63. The molecule has 4 aromatic rings. The molecule has 0 unspecified atom stereocenters. The summed E-state index contributed by atoms with van der Waals surface area (Å²) in [6.45, 7) is 0.876. The van der Waals surface area contributed by atoms with Gasteiger partial charge in [-0.1, -0.05) is 24.3 Å². The van der Waals surface area contributed by atoms with Crippen LogP contribution in [0.25, 0.3) is 5.65 Å². The first-order chi connectivity index (χ1) is 14.3. The molecular weight excluding hydrogens is 364 g/mol. The predicted octanol–water partition coefficient (Wildman–Crippen LogP) is 3.46. The summed E-state index contributed by atoms with van der Waals surface area (Å²) in [5, 5.41) is 2.96. The van der Waals surface area contributed by atoms with Gasteiger partial charge >= 0.3 is 0 Å². The summed E-state index contributed by atoms with van der Waals surface area (Å²) in [5.74, 6) is 0.749. The van der Waals surface area contributed by atoms with Crippen molar-refractivity contribution in [3.63, 3.8) is 0 Å². The Bertz CT molecular complexity index is 1150. The van der Waals surface area contributed by atoms with E-state index in [-0.39, 0.29) is 11.8 Å². The Kier molecular flexibility index (Phi) is 4.44. The van der Waals surface area contributed by atoms with Crippen molar-refractivity contribution >= 4 is 11.6 Å². The highest BCUT2D eigenvalue weighted by molar-refractivity contribution is 5.78.